The van der Waals surface area contributed by atoms with E-state index in [9.17, 15) is 0 Å². The first kappa shape index (κ1) is 23.3. The molecule has 4 aromatic carbocycles. The minimum absolute atomic E-state index is 1.06. The summed E-state index contributed by atoms with van der Waals surface area (Å²) in [5.74, 6) is 1.21. The summed E-state index contributed by atoms with van der Waals surface area (Å²) in [6.45, 7) is 4.48. The number of benzene rings is 4. The van der Waals surface area contributed by atoms with E-state index < -0.39 is 0 Å². The van der Waals surface area contributed by atoms with Gasteiger partial charge in [-0.05, 0) is 53.3 Å². The summed E-state index contributed by atoms with van der Waals surface area (Å²) in [6, 6.07) is 32.7. The topological polar surface area (TPSA) is 8.81 Å². The van der Waals surface area contributed by atoms with Crippen molar-refractivity contribution in [3.05, 3.63) is 115 Å². The quantitative estimate of drug-likeness (QED) is 0.184. The van der Waals surface area contributed by atoms with Gasteiger partial charge in [0.2, 0.25) is 0 Å². The van der Waals surface area contributed by atoms with Crippen molar-refractivity contribution in [3.8, 4) is 39.3 Å². The van der Waals surface area contributed by atoms with Crippen molar-refractivity contribution in [1.82, 2.24) is 4.57 Å². The lowest BCUT2D eigenvalue weighted by Crippen LogP contribution is -2.30. The van der Waals surface area contributed by atoms with Crippen LogP contribution in [0.25, 0.3) is 39.3 Å². The molecule has 0 aliphatic rings. The first-order valence-electron chi connectivity index (χ1n) is 12.3. The second-order valence-electron chi connectivity index (χ2n) is 9.16. The molecule has 0 aliphatic carbocycles. The Hall–Kier alpha value is -3.48. The van der Waals surface area contributed by atoms with Gasteiger partial charge in [-0.15, -0.1) is 9.24 Å². The molecule has 0 bridgehead atoms. The van der Waals surface area contributed by atoms with E-state index in [1.165, 1.54) is 55.8 Å². The average Bonchev–Trinajstić information content (AvgIpc) is 3.25. The van der Waals surface area contributed by atoms with Gasteiger partial charge < -0.3 is 0 Å². The minimum Gasteiger partial charge on any atom is -0.232 e. The van der Waals surface area contributed by atoms with Crippen molar-refractivity contribution in [3.63, 3.8) is 0 Å². The molecular weight excluding hydrogens is 443 g/mol. The smallest absolute Gasteiger partial charge is 0.232 e. The van der Waals surface area contributed by atoms with Crippen LogP contribution in [0.4, 0.5) is 0 Å². The SMILES string of the molecule is CCCc1cccc(C)c1-c1n(-c2c(P)cc(-c3ccccc3)cc2-c2ccccc2)cc[n+]1C. The number of hydrogen-bond acceptors (Lipinski definition) is 0. The molecule has 35 heavy (non-hydrogen) atoms. The molecule has 0 radical (unpaired) electrons. The maximum absolute atomic E-state index is 3.01. The molecule has 0 spiro atoms. The zero-order valence-corrected chi connectivity index (χ0v) is 21.9. The Bertz CT molecular complexity index is 1470. The first-order valence-corrected chi connectivity index (χ1v) is 12.9. The Morgan fingerprint density at radius 3 is 2.17 bits per heavy atom. The minimum atomic E-state index is 1.06. The number of imidazole rings is 1. The molecule has 5 rings (SSSR count). The van der Waals surface area contributed by atoms with Crippen LogP contribution in [-0.2, 0) is 13.5 Å². The fourth-order valence-corrected chi connectivity index (χ4v) is 5.52. The van der Waals surface area contributed by atoms with Crippen molar-refractivity contribution in [2.45, 2.75) is 26.7 Å². The summed E-state index contributed by atoms with van der Waals surface area (Å²) in [4.78, 5) is 0. The zero-order valence-electron chi connectivity index (χ0n) is 20.7. The average molecular weight is 476 g/mol. The molecule has 0 amide bonds. The number of aromatic nitrogens is 2. The first-order chi connectivity index (χ1) is 17.1. The molecular formula is C32H32N2P+. The van der Waals surface area contributed by atoms with E-state index in [4.69, 9.17) is 0 Å². The van der Waals surface area contributed by atoms with E-state index in [1.54, 1.807) is 0 Å². The van der Waals surface area contributed by atoms with Gasteiger partial charge in [0.05, 0.1) is 12.6 Å². The van der Waals surface area contributed by atoms with Crippen LogP contribution in [-0.4, -0.2) is 4.57 Å². The maximum atomic E-state index is 3.01. The zero-order chi connectivity index (χ0) is 24.4. The summed E-state index contributed by atoms with van der Waals surface area (Å²) in [5, 5.41) is 1.17. The van der Waals surface area contributed by atoms with E-state index in [1.807, 2.05) is 0 Å². The van der Waals surface area contributed by atoms with E-state index in [2.05, 4.69) is 143 Å². The fourth-order valence-electron chi connectivity index (χ4n) is 5.04. The van der Waals surface area contributed by atoms with Crippen LogP contribution in [0.15, 0.2) is 103 Å². The molecule has 174 valence electrons. The van der Waals surface area contributed by atoms with Crippen molar-refractivity contribution >= 4 is 14.5 Å². The molecule has 1 heterocycles. The molecule has 0 saturated heterocycles. The number of rotatable bonds is 6. The lowest BCUT2D eigenvalue weighted by Gasteiger charge is -2.16. The third kappa shape index (κ3) is 4.47. The molecule has 0 N–H and O–H groups in total. The van der Waals surface area contributed by atoms with E-state index in [0.29, 0.717) is 0 Å². The van der Waals surface area contributed by atoms with Gasteiger partial charge in [-0.3, -0.25) is 0 Å². The van der Waals surface area contributed by atoms with Crippen molar-refractivity contribution < 1.29 is 4.57 Å². The Morgan fingerprint density at radius 1 is 0.800 bits per heavy atom. The van der Waals surface area contributed by atoms with E-state index >= 15 is 0 Å². The molecule has 0 saturated carbocycles. The van der Waals surface area contributed by atoms with Gasteiger partial charge in [-0.1, -0.05) is 92.2 Å². The van der Waals surface area contributed by atoms with Crippen LogP contribution >= 0.6 is 9.24 Å². The van der Waals surface area contributed by atoms with Gasteiger partial charge in [0, 0.05) is 10.9 Å². The Morgan fingerprint density at radius 2 is 1.49 bits per heavy atom. The van der Waals surface area contributed by atoms with Gasteiger partial charge >= 0.3 is 0 Å². The van der Waals surface area contributed by atoms with Crippen LogP contribution in [0.5, 0.6) is 0 Å². The van der Waals surface area contributed by atoms with Gasteiger partial charge in [0.15, 0.2) is 0 Å². The summed E-state index contributed by atoms with van der Waals surface area (Å²) >= 11 is 0. The van der Waals surface area contributed by atoms with Crippen LogP contribution in [0.3, 0.4) is 0 Å². The molecule has 2 nitrogen and oxygen atoms in total. The summed E-state index contributed by atoms with van der Waals surface area (Å²) in [5.41, 5.74) is 10.1. The van der Waals surface area contributed by atoms with E-state index in [0.717, 1.165) is 12.8 Å². The second-order valence-corrected chi connectivity index (χ2v) is 9.78. The molecule has 5 aromatic rings. The van der Waals surface area contributed by atoms with Gasteiger partial charge in [-0.2, -0.15) is 4.57 Å². The van der Waals surface area contributed by atoms with Gasteiger partial charge in [-0.25, -0.2) is 4.57 Å². The fraction of sp³-hybridized carbons (Fsp3) is 0.156. The molecule has 0 aliphatic heterocycles. The third-order valence-electron chi connectivity index (χ3n) is 6.68. The summed E-state index contributed by atoms with van der Waals surface area (Å²) < 4.78 is 4.63. The largest absolute Gasteiger partial charge is 0.294 e. The van der Waals surface area contributed by atoms with Crippen molar-refractivity contribution in [1.29, 1.82) is 0 Å². The summed E-state index contributed by atoms with van der Waals surface area (Å²) in [6.07, 6.45) is 6.56. The molecule has 3 heteroatoms. The Labute approximate surface area is 211 Å². The normalized spacial score (nSPS) is 11.1. The van der Waals surface area contributed by atoms with Crippen LogP contribution in [0, 0.1) is 6.92 Å². The second kappa shape index (κ2) is 10.0. The van der Waals surface area contributed by atoms with Crippen LogP contribution < -0.4 is 9.87 Å². The highest BCUT2D eigenvalue weighted by molar-refractivity contribution is 7.27. The summed E-state index contributed by atoms with van der Waals surface area (Å²) in [7, 11) is 5.16. The monoisotopic (exact) mass is 475 g/mol. The standard InChI is InChI=1S/C32H32N2P/c1-4-12-26-18-11-13-23(2)30(26)32-33(3)19-20-34(32)31-28(25-16-9-6-10-17-25)21-27(22-29(31)35)24-14-7-5-8-15-24/h5-11,13-22H,4,12,35H2,1-3H3/q+1. The van der Waals surface area contributed by atoms with Gasteiger partial charge in [0.25, 0.3) is 5.82 Å². The van der Waals surface area contributed by atoms with Crippen LogP contribution in [0.1, 0.15) is 24.5 Å². The van der Waals surface area contributed by atoms with E-state index in [-0.39, 0.29) is 0 Å². The number of hydrogen-bond donors (Lipinski definition) is 0. The van der Waals surface area contributed by atoms with Gasteiger partial charge in [0.1, 0.15) is 18.1 Å². The van der Waals surface area contributed by atoms with Crippen molar-refractivity contribution in [2.24, 2.45) is 7.05 Å². The number of nitrogens with zero attached hydrogens (tertiary/aromatic N) is 2. The lowest BCUT2D eigenvalue weighted by atomic mass is 9.95. The highest BCUT2D eigenvalue weighted by atomic mass is 31.0. The highest BCUT2D eigenvalue weighted by Gasteiger charge is 2.27. The van der Waals surface area contributed by atoms with Crippen LogP contribution in [0.2, 0.25) is 0 Å². The number of aryl methyl sites for hydroxylation is 3. The third-order valence-corrected chi connectivity index (χ3v) is 7.12. The lowest BCUT2D eigenvalue weighted by molar-refractivity contribution is -0.659. The highest BCUT2D eigenvalue weighted by Crippen LogP contribution is 2.35. The van der Waals surface area contributed by atoms with Crippen molar-refractivity contribution in [2.75, 3.05) is 0 Å². The molecule has 1 aromatic heterocycles. The predicted molar refractivity (Wildman–Crippen MR) is 151 cm³/mol. The molecule has 1 unspecified atom stereocenters. The maximum Gasteiger partial charge on any atom is 0.294 e. The molecule has 0 fully saturated rings. The Kier molecular flexibility index (Phi) is 6.66. The predicted octanol–water partition coefficient (Wildman–Crippen LogP) is 7.06. The molecule has 1 atom stereocenters. The Balaban J connectivity index is 1.81.